The Morgan fingerprint density at radius 2 is 1.00 bits per heavy atom. The third-order valence-corrected chi connectivity index (χ3v) is 0. The molecule has 0 saturated carbocycles. The van der Waals surface area contributed by atoms with Crippen molar-refractivity contribution in [3.05, 3.63) is 0 Å². The largest absolute Gasteiger partial charge is 1.46 e. The molecule has 0 nitrogen and oxygen atoms in total. The fourth-order valence-corrected chi connectivity index (χ4v) is 0. The summed E-state index contributed by atoms with van der Waals surface area (Å²) in [5, 5.41) is 0. The van der Waals surface area contributed by atoms with Crippen molar-refractivity contribution >= 4 is 17.9 Å². The molecule has 0 radical (unpaired) electrons. The van der Waals surface area contributed by atoms with Gasteiger partial charge in [-0.25, -0.2) is 0 Å². The molecule has 0 aliphatic carbocycles. The van der Waals surface area contributed by atoms with Crippen molar-refractivity contribution in [2.45, 2.75) is 0 Å². The maximum atomic E-state index is 3.44. The van der Waals surface area contributed by atoms with E-state index in [2.05, 4.69) is 17.9 Å². The first-order chi connectivity index (χ1) is 1.00. The Balaban J connectivity index is -0.00000000500. The summed E-state index contributed by atoms with van der Waals surface area (Å²) in [6.45, 7) is 0. The van der Waals surface area contributed by atoms with Gasteiger partial charge in [-0.2, -0.15) is 0 Å². The van der Waals surface area contributed by atoms with E-state index in [9.17, 15) is 0 Å². The molecule has 0 bridgehead atoms. The summed E-state index contributed by atoms with van der Waals surface area (Å²) in [5.41, 5.74) is 0. The van der Waals surface area contributed by atoms with Gasteiger partial charge in [0.2, 0.25) is 0 Å². The van der Waals surface area contributed by atoms with Crippen LogP contribution < -0.4 is 59.1 Å². The van der Waals surface area contributed by atoms with E-state index in [1.807, 2.05) is 0 Å². The van der Waals surface area contributed by atoms with E-state index in [0.717, 1.165) is 0 Å². The van der Waals surface area contributed by atoms with Gasteiger partial charge in [0, 0.05) is 0 Å². The molecule has 4 heavy (non-hydrogen) atoms. The average molecular weight is 110 g/mol. The zero-order valence-electron chi connectivity index (χ0n) is 3.02. The van der Waals surface area contributed by atoms with E-state index >= 15 is 0 Å². The van der Waals surface area contributed by atoms with Crippen LogP contribution in [0, 0.1) is 0 Å². The van der Waals surface area contributed by atoms with Gasteiger partial charge >= 0.3 is 59.1 Å². The van der Waals surface area contributed by atoms with Crippen molar-refractivity contribution in [2.24, 2.45) is 0 Å². The summed E-state index contributed by atoms with van der Waals surface area (Å²) in [6.07, 6.45) is 0. The fourth-order valence-electron chi connectivity index (χ4n) is 0. The third kappa shape index (κ3) is 8.85. The zero-order valence-corrected chi connectivity index (χ0v) is 9.07. The van der Waals surface area contributed by atoms with Crippen LogP contribution in [0.1, 0.15) is 0 Å². The van der Waals surface area contributed by atoms with Gasteiger partial charge < -0.3 is 17.9 Å². The van der Waals surface area contributed by atoms with Crippen molar-refractivity contribution in [2.75, 3.05) is 0 Å². The zero-order chi connectivity index (χ0) is 2.00. The molecule has 0 amide bonds. The van der Waals surface area contributed by atoms with Crippen LogP contribution in [-0.4, -0.2) is 0 Å². The molecule has 1 atom stereocenters. The first-order valence-corrected chi connectivity index (χ1v) is 2.32. The Labute approximate surface area is 75.8 Å². The number of hydrogen-bond donors (Lipinski definition) is 0. The average Bonchev–Trinajstić information content (AvgIpc) is 1.00. The first-order valence-electron chi connectivity index (χ1n) is 0.258. The van der Waals surface area contributed by atoms with E-state index in [4.69, 9.17) is 0 Å². The quantitative estimate of drug-likeness (QED) is 0.217. The summed E-state index contributed by atoms with van der Waals surface area (Å²) in [7, 11) is 5.56. The van der Waals surface area contributed by atoms with Crippen LogP contribution in [0.25, 0.3) is 0 Å². The standard InChI is InChI=1S/2Na.H2P2/c;;1-2/h;;1H2/q2*+1;-2. The molecule has 0 spiro atoms. The molecule has 0 saturated heterocycles. The minimum atomic E-state index is 0. The summed E-state index contributed by atoms with van der Waals surface area (Å²) in [5.74, 6) is 0. The van der Waals surface area contributed by atoms with Gasteiger partial charge in [0.15, 0.2) is 0 Å². The van der Waals surface area contributed by atoms with E-state index in [1.165, 1.54) is 0 Å². The molecule has 0 aromatic rings. The van der Waals surface area contributed by atoms with E-state index < -0.39 is 0 Å². The predicted molar refractivity (Wildman–Crippen MR) is 16.6 cm³/mol. The number of rotatable bonds is 0. The SMILES string of the molecule is [Na+].[Na+].[P-2]P. The smallest absolute Gasteiger partial charge is 1.00 e. The summed E-state index contributed by atoms with van der Waals surface area (Å²) >= 11 is 0. The first kappa shape index (κ1) is 15.8. The minimum Gasteiger partial charge on any atom is -1.46 e. The van der Waals surface area contributed by atoms with Crippen LogP contribution in [0.2, 0.25) is 0 Å². The van der Waals surface area contributed by atoms with Gasteiger partial charge in [0.1, 0.15) is 0 Å². The molecule has 0 rings (SSSR count). The second-order valence-corrected chi connectivity index (χ2v) is 0. The Morgan fingerprint density at radius 1 is 1.00 bits per heavy atom. The molecule has 0 aromatic carbocycles. The predicted octanol–water partition coefficient (Wildman–Crippen LogP) is -4.80. The van der Waals surface area contributed by atoms with Gasteiger partial charge in [-0.3, -0.25) is 0 Å². The van der Waals surface area contributed by atoms with E-state index in [-0.39, 0.29) is 59.1 Å². The normalized spacial score (nSPS) is 1.50. The van der Waals surface area contributed by atoms with E-state index in [1.54, 1.807) is 0 Å². The Kier molecular flexibility index (Phi) is 66.9. The molecule has 0 aromatic heterocycles. The molecule has 0 aliphatic rings. The molecule has 4 heteroatoms. The topological polar surface area (TPSA) is 0 Å². The summed E-state index contributed by atoms with van der Waals surface area (Å²) < 4.78 is 0. The molecule has 0 fully saturated rings. The van der Waals surface area contributed by atoms with Crippen LogP contribution >= 0.6 is 17.9 Å². The molecular formula is H2Na2P2. The maximum Gasteiger partial charge on any atom is 1.00 e. The summed E-state index contributed by atoms with van der Waals surface area (Å²) in [4.78, 5) is 0. The maximum absolute atomic E-state index is 3.44. The summed E-state index contributed by atoms with van der Waals surface area (Å²) in [6, 6.07) is 0. The van der Waals surface area contributed by atoms with Gasteiger partial charge in [-0.05, 0) is 0 Å². The molecule has 14 valence electrons. The fraction of sp³-hybridized carbons (Fsp3) is 0. The van der Waals surface area contributed by atoms with Crippen molar-refractivity contribution in [3.8, 4) is 0 Å². The van der Waals surface area contributed by atoms with Crippen LogP contribution in [-0.2, 0) is 0 Å². The van der Waals surface area contributed by atoms with Crippen molar-refractivity contribution in [3.63, 3.8) is 0 Å². The Hall–Kier alpha value is 2.86. The van der Waals surface area contributed by atoms with Gasteiger partial charge in [-0.15, -0.1) is 0 Å². The Bertz CT molecular complexity index is 4.00. The van der Waals surface area contributed by atoms with Gasteiger partial charge in [0.05, 0.1) is 0 Å². The van der Waals surface area contributed by atoms with Crippen LogP contribution in [0.15, 0.2) is 0 Å². The van der Waals surface area contributed by atoms with Crippen molar-refractivity contribution in [1.29, 1.82) is 0 Å². The monoisotopic (exact) mass is 110 g/mol. The second-order valence-electron chi connectivity index (χ2n) is 0. The molecule has 0 aliphatic heterocycles. The molecule has 0 N–H and O–H groups in total. The van der Waals surface area contributed by atoms with Crippen LogP contribution in [0.3, 0.4) is 0 Å². The third-order valence-electron chi connectivity index (χ3n) is 0. The van der Waals surface area contributed by atoms with E-state index in [0.29, 0.717) is 0 Å². The minimum absolute atomic E-state index is 0. The van der Waals surface area contributed by atoms with Crippen molar-refractivity contribution < 1.29 is 59.1 Å². The molecule has 1 unspecified atom stereocenters. The molecular weight excluding hydrogens is 108 g/mol. The molecule has 0 heterocycles. The van der Waals surface area contributed by atoms with Crippen molar-refractivity contribution in [1.82, 2.24) is 0 Å². The van der Waals surface area contributed by atoms with Crippen LogP contribution in [0.4, 0.5) is 0 Å². The van der Waals surface area contributed by atoms with Gasteiger partial charge in [-0.1, -0.05) is 0 Å². The Morgan fingerprint density at radius 3 is 1.00 bits per heavy atom. The number of hydrogen-bond acceptors (Lipinski definition) is 0. The van der Waals surface area contributed by atoms with Crippen LogP contribution in [0.5, 0.6) is 0 Å². The second kappa shape index (κ2) is 16.9. The van der Waals surface area contributed by atoms with Gasteiger partial charge in [0.25, 0.3) is 0 Å².